The van der Waals surface area contributed by atoms with Crippen LogP contribution in [0.25, 0.3) is 0 Å². The number of hydrogen-bond donors (Lipinski definition) is 2. The van der Waals surface area contributed by atoms with Crippen molar-refractivity contribution < 1.29 is 14.3 Å². The van der Waals surface area contributed by atoms with Gasteiger partial charge in [-0.25, -0.2) is 0 Å². The fourth-order valence-corrected chi connectivity index (χ4v) is 2.85. The number of nitrogens with two attached hydrogens (primary N) is 1. The van der Waals surface area contributed by atoms with Crippen LogP contribution < -0.4 is 15.8 Å². The third kappa shape index (κ3) is 5.23. The van der Waals surface area contributed by atoms with Crippen LogP contribution in [0.3, 0.4) is 0 Å². The van der Waals surface area contributed by atoms with E-state index in [2.05, 4.69) is 5.32 Å². The molecule has 0 spiro atoms. The normalized spacial score (nSPS) is 16.5. The average molecular weight is 333 g/mol. The summed E-state index contributed by atoms with van der Waals surface area (Å²) in [5, 5.41) is 3.00. The molecule has 1 aromatic rings. The molecule has 1 atom stereocenters. The molecule has 1 fully saturated rings. The Bertz CT molecular complexity index is 549. The molecule has 1 aliphatic heterocycles. The van der Waals surface area contributed by atoms with Crippen LogP contribution in [0, 0.1) is 0 Å². The standard InChI is InChI=1S/C18H27N3O3/c1-3-24-16-6-4-14(5-7-16)18(23)21-10-8-15(9-11-21)20-17(22)12-13(2)19/h4-7,13,15H,3,8-12,19H2,1-2H3,(H,20,22). The summed E-state index contributed by atoms with van der Waals surface area (Å²) >= 11 is 0. The molecule has 1 aromatic carbocycles. The van der Waals surface area contributed by atoms with Crippen LogP contribution in [0.4, 0.5) is 0 Å². The van der Waals surface area contributed by atoms with Crippen molar-refractivity contribution in [3.63, 3.8) is 0 Å². The second-order valence-corrected chi connectivity index (χ2v) is 6.27. The van der Waals surface area contributed by atoms with E-state index in [-0.39, 0.29) is 23.9 Å². The fourth-order valence-electron chi connectivity index (χ4n) is 2.85. The van der Waals surface area contributed by atoms with Gasteiger partial charge in [-0.2, -0.15) is 0 Å². The molecule has 1 heterocycles. The van der Waals surface area contributed by atoms with Gasteiger partial charge in [-0.3, -0.25) is 9.59 Å². The minimum atomic E-state index is -0.133. The number of nitrogens with zero attached hydrogens (tertiary/aromatic N) is 1. The molecule has 0 radical (unpaired) electrons. The predicted octanol–water partition coefficient (Wildman–Crippen LogP) is 1.54. The van der Waals surface area contributed by atoms with Crippen LogP contribution in [0.1, 0.15) is 43.5 Å². The first kappa shape index (κ1) is 18.3. The Labute approximate surface area is 143 Å². The van der Waals surface area contributed by atoms with Gasteiger partial charge in [0.05, 0.1) is 6.61 Å². The number of nitrogens with one attached hydrogen (secondary N) is 1. The fraction of sp³-hybridized carbons (Fsp3) is 0.556. The number of ether oxygens (including phenoxy) is 1. The number of likely N-dealkylation sites (tertiary alicyclic amines) is 1. The van der Waals surface area contributed by atoms with Crippen molar-refractivity contribution in [2.45, 2.75) is 45.2 Å². The first-order valence-corrected chi connectivity index (χ1v) is 8.56. The quantitative estimate of drug-likeness (QED) is 0.827. The van der Waals surface area contributed by atoms with Crippen molar-refractivity contribution in [2.24, 2.45) is 5.73 Å². The van der Waals surface area contributed by atoms with E-state index in [1.807, 2.05) is 30.9 Å². The van der Waals surface area contributed by atoms with Crippen molar-refractivity contribution in [1.82, 2.24) is 10.2 Å². The van der Waals surface area contributed by atoms with Crippen molar-refractivity contribution >= 4 is 11.8 Å². The molecule has 24 heavy (non-hydrogen) atoms. The summed E-state index contributed by atoms with van der Waals surface area (Å²) < 4.78 is 5.39. The Hall–Kier alpha value is -2.08. The van der Waals surface area contributed by atoms with E-state index >= 15 is 0 Å². The third-order valence-corrected chi connectivity index (χ3v) is 4.07. The van der Waals surface area contributed by atoms with Crippen molar-refractivity contribution in [2.75, 3.05) is 19.7 Å². The minimum absolute atomic E-state index is 0.0127. The van der Waals surface area contributed by atoms with Crippen LogP contribution in [-0.2, 0) is 4.79 Å². The molecule has 6 nitrogen and oxygen atoms in total. The van der Waals surface area contributed by atoms with Crippen LogP contribution in [0.15, 0.2) is 24.3 Å². The van der Waals surface area contributed by atoms with E-state index < -0.39 is 0 Å². The van der Waals surface area contributed by atoms with Crippen LogP contribution in [0.5, 0.6) is 5.75 Å². The maximum atomic E-state index is 12.5. The van der Waals surface area contributed by atoms with Crippen molar-refractivity contribution in [3.8, 4) is 5.75 Å². The highest BCUT2D eigenvalue weighted by atomic mass is 16.5. The molecule has 1 unspecified atom stereocenters. The number of piperidine rings is 1. The SMILES string of the molecule is CCOc1ccc(C(=O)N2CCC(NC(=O)CC(C)N)CC2)cc1. The summed E-state index contributed by atoms with van der Waals surface area (Å²) in [6.07, 6.45) is 1.88. The van der Waals surface area contributed by atoms with E-state index in [0.717, 1.165) is 18.6 Å². The molecular weight excluding hydrogens is 306 g/mol. The zero-order valence-electron chi connectivity index (χ0n) is 14.5. The first-order chi connectivity index (χ1) is 11.5. The molecular formula is C18H27N3O3. The summed E-state index contributed by atoms with van der Waals surface area (Å²) in [5.74, 6) is 0.782. The highest BCUT2D eigenvalue weighted by Crippen LogP contribution is 2.17. The zero-order valence-corrected chi connectivity index (χ0v) is 14.5. The number of rotatable bonds is 6. The molecule has 6 heteroatoms. The van der Waals surface area contributed by atoms with Gasteiger partial charge < -0.3 is 20.7 Å². The van der Waals surface area contributed by atoms with Gasteiger partial charge in [-0.1, -0.05) is 0 Å². The lowest BCUT2D eigenvalue weighted by atomic mass is 10.0. The van der Waals surface area contributed by atoms with E-state index in [0.29, 0.717) is 31.7 Å². The van der Waals surface area contributed by atoms with Crippen LogP contribution >= 0.6 is 0 Å². The lowest BCUT2D eigenvalue weighted by molar-refractivity contribution is -0.122. The summed E-state index contributed by atoms with van der Waals surface area (Å²) in [6.45, 7) is 5.65. The summed E-state index contributed by atoms with van der Waals surface area (Å²) in [7, 11) is 0. The summed E-state index contributed by atoms with van der Waals surface area (Å²) in [4.78, 5) is 26.1. The largest absolute Gasteiger partial charge is 0.494 e. The maximum absolute atomic E-state index is 12.5. The van der Waals surface area contributed by atoms with Gasteiger partial charge in [0.2, 0.25) is 5.91 Å². The lowest BCUT2D eigenvalue weighted by Crippen LogP contribution is -2.47. The van der Waals surface area contributed by atoms with Gasteiger partial charge in [0.25, 0.3) is 5.91 Å². The van der Waals surface area contributed by atoms with Crippen LogP contribution in [-0.4, -0.2) is 48.5 Å². The number of carbonyl (C=O) groups excluding carboxylic acids is 2. The van der Waals surface area contributed by atoms with Gasteiger partial charge in [0.1, 0.15) is 5.75 Å². The topological polar surface area (TPSA) is 84.7 Å². The predicted molar refractivity (Wildman–Crippen MR) is 92.9 cm³/mol. The van der Waals surface area contributed by atoms with Gasteiger partial charge in [-0.15, -0.1) is 0 Å². The van der Waals surface area contributed by atoms with E-state index in [4.69, 9.17) is 10.5 Å². The van der Waals surface area contributed by atoms with Gasteiger partial charge >= 0.3 is 0 Å². The molecule has 0 aromatic heterocycles. The second-order valence-electron chi connectivity index (χ2n) is 6.27. The minimum Gasteiger partial charge on any atom is -0.494 e. The molecule has 2 amide bonds. The summed E-state index contributed by atoms with van der Waals surface area (Å²) in [6, 6.07) is 7.22. The first-order valence-electron chi connectivity index (χ1n) is 8.56. The number of benzene rings is 1. The molecule has 3 N–H and O–H groups in total. The average Bonchev–Trinajstić information content (AvgIpc) is 2.55. The number of carbonyl (C=O) groups is 2. The van der Waals surface area contributed by atoms with Gasteiger partial charge in [-0.05, 0) is 51.0 Å². The Morgan fingerprint density at radius 3 is 2.46 bits per heavy atom. The Morgan fingerprint density at radius 1 is 1.29 bits per heavy atom. The van der Waals surface area contributed by atoms with Crippen molar-refractivity contribution in [1.29, 1.82) is 0 Å². The molecule has 0 saturated carbocycles. The summed E-state index contributed by atoms with van der Waals surface area (Å²) in [5.41, 5.74) is 6.30. The molecule has 0 aliphatic carbocycles. The lowest BCUT2D eigenvalue weighted by Gasteiger charge is -2.32. The van der Waals surface area contributed by atoms with E-state index in [1.165, 1.54) is 0 Å². The molecule has 132 valence electrons. The van der Waals surface area contributed by atoms with Crippen LogP contribution in [0.2, 0.25) is 0 Å². The highest BCUT2D eigenvalue weighted by molar-refractivity contribution is 5.94. The van der Waals surface area contributed by atoms with Gasteiger partial charge in [0.15, 0.2) is 0 Å². The molecule has 0 bridgehead atoms. The number of hydrogen-bond acceptors (Lipinski definition) is 4. The Morgan fingerprint density at radius 2 is 1.92 bits per heavy atom. The Balaban J connectivity index is 1.83. The monoisotopic (exact) mass is 333 g/mol. The number of amides is 2. The van der Waals surface area contributed by atoms with Crippen molar-refractivity contribution in [3.05, 3.63) is 29.8 Å². The van der Waals surface area contributed by atoms with E-state index in [1.54, 1.807) is 12.1 Å². The smallest absolute Gasteiger partial charge is 0.253 e. The molecule has 1 saturated heterocycles. The molecule has 2 rings (SSSR count). The Kier molecular flexibility index (Phi) is 6.61. The van der Waals surface area contributed by atoms with Gasteiger partial charge in [0, 0.05) is 37.2 Å². The molecule has 1 aliphatic rings. The third-order valence-electron chi connectivity index (χ3n) is 4.07. The van der Waals surface area contributed by atoms with E-state index in [9.17, 15) is 9.59 Å². The maximum Gasteiger partial charge on any atom is 0.253 e. The highest BCUT2D eigenvalue weighted by Gasteiger charge is 2.24. The zero-order chi connectivity index (χ0) is 17.5. The second kappa shape index (κ2) is 8.68.